The molecule has 1 unspecified atom stereocenters. The van der Waals surface area contributed by atoms with Crippen molar-refractivity contribution in [3.8, 4) is 0 Å². The average molecular weight is 355 g/mol. The lowest BCUT2D eigenvalue weighted by atomic mass is 9.89. The van der Waals surface area contributed by atoms with Crippen molar-refractivity contribution in [3.05, 3.63) is 12.2 Å². The Hall–Kier alpha value is -1.16. The van der Waals surface area contributed by atoms with Gasteiger partial charge in [0, 0.05) is 25.9 Å². The molecule has 1 saturated carbocycles. The van der Waals surface area contributed by atoms with Gasteiger partial charge in [-0.25, -0.2) is 0 Å². The first-order valence-corrected chi connectivity index (χ1v) is 10.0. The number of carbonyl (C=O) groups is 2. The van der Waals surface area contributed by atoms with E-state index >= 15 is 0 Å². The summed E-state index contributed by atoms with van der Waals surface area (Å²) in [5.41, 5.74) is 0. The van der Waals surface area contributed by atoms with E-state index in [0.717, 1.165) is 58.5 Å². The number of Topliss-reactive ketones (excluding diaryl/α,β-unsaturated/α-hetero) is 1. The summed E-state index contributed by atoms with van der Waals surface area (Å²) in [6.45, 7) is 2.23. The molecule has 4 nitrogen and oxygen atoms in total. The zero-order chi connectivity index (χ0) is 18.9. The first-order valence-electron chi connectivity index (χ1n) is 10.0. The van der Waals surface area contributed by atoms with Crippen LogP contribution in [0.2, 0.25) is 0 Å². The van der Waals surface area contributed by atoms with Crippen LogP contribution in [0, 0.1) is 11.8 Å². The molecule has 0 saturated heterocycles. The average Bonchev–Trinajstić information content (AvgIpc) is 2.96. The summed E-state index contributed by atoms with van der Waals surface area (Å²) in [6.07, 6.45) is 17.7. The van der Waals surface area contributed by atoms with E-state index in [0.29, 0.717) is 11.7 Å². The minimum Gasteiger partial charge on any atom is -0.481 e. The van der Waals surface area contributed by atoms with E-state index in [1.54, 1.807) is 0 Å². The molecule has 0 radical (unpaired) electrons. The van der Waals surface area contributed by atoms with Gasteiger partial charge >= 0.3 is 5.97 Å². The molecule has 0 aromatic rings. The van der Waals surface area contributed by atoms with Crippen molar-refractivity contribution in [1.29, 1.82) is 0 Å². The number of carbonyl (C=O) groups excluding carboxylic acids is 1. The van der Waals surface area contributed by atoms with Crippen molar-refractivity contribution in [2.45, 2.75) is 90.4 Å². The van der Waals surface area contributed by atoms with Gasteiger partial charge in [0.1, 0.15) is 5.78 Å². The molecule has 2 atom stereocenters. The Bertz CT molecular complexity index is 376. The van der Waals surface area contributed by atoms with Crippen molar-refractivity contribution < 1.29 is 19.8 Å². The summed E-state index contributed by atoms with van der Waals surface area (Å²) >= 11 is 0. The third-order valence-corrected chi connectivity index (χ3v) is 4.92. The maximum absolute atomic E-state index is 12.1. The molecule has 1 aliphatic carbocycles. The Morgan fingerprint density at radius 1 is 1.08 bits per heavy atom. The fraction of sp³-hybridized carbons (Fsp3) is 0.810. The van der Waals surface area contributed by atoms with E-state index in [1.807, 2.05) is 0 Å². The van der Waals surface area contributed by atoms with Crippen LogP contribution in [0.1, 0.15) is 90.4 Å². The van der Waals surface area contributed by atoms with Gasteiger partial charge < -0.3 is 10.2 Å². The molecular weight excluding hydrogens is 316 g/mol. The van der Waals surface area contributed by atoms with Crippen LogP contribution in [0.5, 0.6) is 0 Å². The summed E-state index contributed by atoms with van der Waals surface area (Å²) in [7, 11) is 1.00. The van der Waals surface area contributed by atoms with E-state index in [1.165, 1.54) is 25.7 Å². The summed E-state index contributed by atoms with van der Waals surface area (Å²) in [5, 5.41) is 15.6. The molecule has 1 fully saturated rings. The highest BCUT2D eigenvalue weighted by atomic mass is 16.4. The number of carboxylic acids is 1. The van der Waals surface area contributed by atoms with Crippen LogP contribution in [-0.4, -0.2) is 29.1 Å². The molecule has 0 aromatic carbocycles. The van der Waals surface area contributed by atoms with Crippen LogP contribution >= 0.6 is 0 Å². The summed E-state index contributed by atoms with van der Waals surface area (Å²) in [4.78, 5) is 22.5. The SMILES string of the molecule is CCCCCC/C=C/C1CCC(=O)[C@@H]1CCCCCCC(=O)O.CO. The van der Waals surface area contributed by atoms with Crippen LogP contribution in [0.15, 0.2) is 12.2 Å². The molecule has 0 bridgehead atoms. The Morgan fingerprint density at radius 3 is 2.44 bits per heavy atom. The summed E-state index contributed by atoms with van der Waals surface area (Å²) in [5.74, 6) is 0.408. The summed E-state index contributed by atoms with van der Waals surface area (Å²) in [6, 6.07) is 0. The molecule has 0 spiro atoms. The van der Waals surface area contributed by atoms with Crippen molar-refractivity contribution >= 4 is 11.8 Å². The van der Waals surface area contributed by atoms with Crippen LogP contribution in [-0.2, 0) is 9.59 Å². The van der Waals surface area contributed by atoms with Gasteiger partial charge in [-0.05, 0) is 38.0 Å². The van der Waals surface area contributed by atoms with Crippen molar-refractivity contribution in [3.63, 3.8) is 0 Å². The Kier molecular flexibility index (Phi) is 15.6. The first-order chi connectivity index (χ1) is 12.1. The van der Waals surface area contributed by atoms with Crippen LogP contribution in [0.4, 0.5) is 0 Å². The van der Waals surface area contributed by atoms with Crippen molar-refractivity contribution in [1.82, 2.24) is 0 Å². The molecule has 0 heterocycles. The second kappa shape index (κ2) is 16.3. The highest BCUT2D eigenvalue weighted by Crippen LogP contribution is 2.34. The fourth-order valence-corrected chi connectivity index (χ4v) is 3.49. The second-order valence-corrected chi connectivity index (χ2v) is 6.90. The second-order valence-electron chi connectivity index (χ2n) is 6.90. The molecule has 146 valence electrons. The van der Waals surface area contributed by atoms with E-state index in [-0.39, 0.29) is 12.3 Å². The minimum absolute atomic E-state index is 0.223. The molecule has 0 aliphatic heterocycles. The Balaban J connectivity index is 0.00000277. The molecule has 1 rings (SSSR count). The standard InChI is InChI=1S/C20H34O3.CH4O/c1-2-3-4-5-6-9-12-17-15-16-19(21)18(17)13-10-7-8-11-14-20(22)23;1-2/h9,12,17-18H,2-8,10-11,13-16H2,1H3,(H,22,23);2H,1H3/b12-9+;/t17?,18-;/m1./s1. The number of aliphatic carboxylic acids is 1. The van der Waals surface area contributed by atoms with E-state index in [2.05, 4.69) is 19.1 Å². The third kappa shape index (κ3) is 11.9. The number of aliphatic hydroxyl groups is 1. The van der Waals surface area contributed by atoms with Gasteiger partial charge in [0.2, 0.25) is 0 Å². The van der Waals surface area contributed by atoms with Crippen molar-refractivity contribution in [2.24, 2.45) is 11.8 Å². The number of rotatable bonds is 13. The van der Waals surface area contributed by atoms with Gasteiger partial charge in [0.15, 0.2) is 0 Å². The number of unbranched alkanes of at least 4 members (excludes halogenated alkanes) is 7. The van der Waals surface area contributed by atoms with Crippen molar-refractivity contribution in [2.75, 3.05) is 7.11 Å². The first kappa shape index (κ1) is 23.8. The molecule has 1 aliphatic rings. The third-order valence-electron chi connectivity index (χ3n) is 4.92. The summed E-state index contributed by atoms with van der Waals surface area (Å²) < 4.78 is 0. The lowest BCUT2D eigenvalue weighted by Crippen LogP contribution is -2.13. The number of ketones is 1. The van der Waals surface area contributed by atoms with Gasteiger partial charge in [-0.15, -0.1) is 0 Å². The fourth-order valence-electron chi connectivity index (χ4n) is 3.49. The monoisotopic (exact) mass is 354 g/mol. The normalized spacial score (nSPS) is 19.9. The van der Waals surface area contributed by atoms with Gasteiger partial charge in [0.25, 0.3) is 0 Å². The molecular formula is C21H38O4. The largest absolute Gasteiger partial charge is 0.481 e. The lowest BCUT2D eigenvalue weighted by Gasteiger charge is -2.14. The predicted octanol–water partition coefficient (Wildman–Crippen LogP) is 5.14. The lowest BCUT2D eigenvalue weighted by molar-refractivity contribution is -0.137. The van der Waals surface area contributed by atoms with Gasteiger partial charge in [-0.1, -0.05) is 57.6 Å². The Morgan fingerprint density at radius 2 is 1.76 bits per heavy atom. The highest BCUT2D eigenvalue weighted by molar-refractivity contribution is 5.83. The van der Waals surface area contributed by atoms with Gasteiger partial charge in [-0.3, -0.25) is 9.59 Å². The quantitative estimate of drug-likeness (QED) is 0.355. The molecule has 25 heavy (non-hydrogen) atoms. The predicted molar refractivity (Wildman–Crippen MR) is 103 cm³/mol. The van der Waals surface area contributed by atoms with Crippen LogP contribution in [0.3, 0.4) is 0 Å². The van der Waals surface area contributed by atoms with E-state index < -0.39 is 5.97 Å². The van der Waals surface area contributed by atoms with E-state index in [4.69, 9.17) is 10.2 Å². The van der Waals surface area contributed by atoms with Crippen LogP contribution in [0.25, 0.3) is 0 Å². The van der Waals surface area contributed by atoms with E-state index in [9.17, 15) is 9.59 Å². The molecule has 4 heteroatoms. The minimum atomic E-state index is -0.708. The maximum Gasteiger partial charge on any atom is 0.303 e. The molecule has 2 N–H and O–H groups in total. The Labute approximate surface area is 153 Å². The topological polar surface area (TPSA) is 74.6 Å². The number of hydrogen-bond donors (Lipinski definition) is 2. The molecule has 0 aromatic heterocycles. The van der Waals surface area contributed by atoms with Crippen LogP contribution < -0.4 is 0 Å². The number of aliphatic hydroxyl groups excluding tert-OH is 1. The molecule has 0 amide bonds. The van der Waals surface area contributed by atoms with Gasteiger partial charge in [0.05, 0.1) is 0 Å². The highest BCUT2D eigenvalue weighted by Gasteiger charge is 2.31. The number of allylic oxidation sites excluding steroid dienone is 2. The zero-order valence-corrected chi connectivity index (χ0v) is 16.2. The van der Waals surface area contributed by atoms with Gasteiger partial charge in [-0.2, -0.15) is 0 Å². The smallest absolute Gasteiger partial charge is 0.303 e. The number of carboxylic acid groups (broad SMARTS) is 1. The zero-order valence-electron chi connectivity index (χ0n) is 16.2. The number of hydrogen-bond acceptors (Lipinski definition) is 3. The maximum atomic E-state index is 12.1.